The maximum Gasteiger partial charge on any atom is 0.248 e. The van der Waals surface area contributed by atoms with Crippen LogP contribution in [0.25, 0.3) is 0 Å². The first-order valence-corrected chi connectivity index (χ1v) is 13.2. The predicted octanol–water partition coefficient (Wildman–Crippen LogP) is 5.12. The standard InChI is InChI=1S/C16H25N3O.C7H14.C5H4FNO.C2H2/c1-13(2)19(12-20)16-5-4-15(14(3)10-16)11-18-8-6-17-7-9-18;1-7-5-3-2-4-6-7;6-4-1-2-5(8)7-3-4;1-2/h4-5,10,12-13,17H,6-9,11H2,1-3H3;7H,2-6H2,1H3;1-3H,(H,7,8);1-2H. The molecule has 1 amide bonds. The number of terminal acetylenes is 1. The highest BCUT2D eigenvalue weighted by Crippen LogP contribution is 2.22. The number of pyridine rings is 1. The molecule has 2 fully saturated rings. The highest BCUT2D eigenvalue weighted by Gasteiger charge is 2.14. The van der Waals surface area contributed by atoms with Gasteiger partial charge in [0.05, 0.1) is 0 Å². The number of piperazine rings is 1. The average molecular weight is 513 g/mol. The first-order valence-electron chi connectivity index (χ1n) is 13.2. The van der Waals surface area contributed by atoms with Crippen LogP contribution in [0, 0.1) is 31.5 Å². The highest BCUT2D eigenvalue weighted by atomic mass is 19.1. The van der Waals surface area contributed by atoms with E-state index in [-0.39, 0.29) is 11.6 Å². The van der Waals surface area contributed by atoms with Crippen molar-refractivity contribution >= 4 is 12.1 Å². The van der Waals surface area contributed by atoms with Gasteiger partial charge in [0.25, 0.3) is 0 Å². The second kappa shape index (κ2) is 18.3. The van der Waals surface area contributed by atoms with Crippen LogP contribution in [0.4, 0.5) is 10.1 Å². The highest BCUT2D eigenvalue weighted by molar-refractivity contribution is 5.76. The molecule has 0 atom stereocenters. The summed E-state index contributed by atoms with van der Waals surface area (Å²) in [5, 5.41) is 3.37. The van der Waals surface area contributed by atoms with E-state index in [2.05, 4.69) is 60.1 Å². The lowest BCUT2D eigenvalue weighted by atomic mass is 9.91. The lowest BCUT2D eigenvalue weighted by molar-refractivity contribution is -0.107. The number of hydrogen-bond donors (Lipinski definition) is 2. The molecule has 1 aromatic carbocycles. The van der Waals surface area contributed by atoms with Crippen molar-refractivity contribution in [2.24, 2.45) is 5.92 Å². The third-order valence-corrected chi connectivity index (χ3v) is 6.54. The largest absolute Gasteiger partial charge is 0.326 e. The minimum Gasteiger partial charge on any atom is -0.326 e. The quantitative estimate of drug-likeness (QED) is 0.431. The van der Waals surface area contributed by atoms with Gasteiger partial charge < -0.3 is 15.2 Å². The number of nitrogens with one attached hydrogen (secondary N) is 2. The lowest BCUT2D eigenvalue weighted by Crippen LogP contribution is -2.43. The molecule has 1 aliphatic carbocycles. The lowest BCUT2D eigenvalue weighted by Gasteiger charge is -2.28. The SMILES string of the molecule is C#C.CC1CCCCC1.Cc1cc(N(C=O)C(C)C)ccc1CN1CCNCC1.O=c1ccc(F)c[nH]1. The minimum atomic E-state index is -0.426. The van der Waals surface area contributed by atoms with E-state index in [9.17, 15) is 14.0 Å². The Morgan fingerprint density at radius 1 is 1.11 bits per heavy atom. The Hall–Kier alpha value is -2.95. The van der Waals surface area contributed by atoms with Gasteiger partial charge in [-0.25, -0.2) is 4.39 Å². The average Bonchev–Trinajstić information content (AvgIpc) is 2.91. The Balaban J connectivity index is 0.000000328. The van der Waals surface area contributed by atoms with Crippen LogP contribution in [0.3, 0.4) is 0 Å². The number of benzene rings is 1. The maximum atomic E-state index is 11.9. The summed E-state index contributed by atoms with van der Waals surface area (Å²) >= 11 is 0. The van der Waals surface area contributed by atoms with Gasteiger partial charge in [0.15, 0.2) is 0 Å². The summed E-state index contributed by atoms with van der Waals surface area (Å²) in [7, 11) is 0. The smallest absolute Gasteiger partial charge is 0.248 e. The summed E-state index contributed by atoms with van der Waals surface area (Å²) in [6.45, 7) is 13.9. The monoisotopic (exact) mass is 512 g/mol. The van der Waals surface area contributed by atoms with Crippen LogP contribution in [0.1, 0.15) is 64.0 Å². The number of halogens is 1. The number of carbonyl (C=O) groups is 1. The molecule has 0 unspecified atom stereocenters. The number of hydrogen-bond acceptors (Lipinski definition) is 4. The first-order chi connectivity index (χ1) is 17.8. The van der Waals surface area contributed by atoms with Gasteiger partial charge in [-0.3, -0.25) is 14.5 Å². The number of aromatic nitrogens is 1. The van der Waals surface area contributed by atoms with Gasteiger partial charge in [-0.1, -0.05) is 45.1 Å². The van der Waals surface area contributed by atoms with Crippen LogP contribution in [-0.2, 0) is 11.3 Å². The zero-order chi connectivity index (χ0) is 27.6. The van der Waals surface area contributed by atoms with Gasteiger partial charge in [-0.05, 0) is 56.0 Å². The second-order valence-electron chi connectivity index (χ2n) is 9.86. The first kappa shape index (κ1) is 32.1. The predicted molar refractivity (Wildman–Crippen MR) is 152 cm³/mol. The van der Waals surface area contributed by atoms with Gasteiger partial charge in [-0.2, -0.15) is 0 Å². The van der Waals surface area contributed by atoms with Crippen molar-refractivity contribution in [1.29, 1.82) is 0 Å². The summed E-state index contributed by atoms with van der Waals surface area (Å²) in [5.74, 6) is 0.610. The number of anilines is 1. The Bertz CT molecular complexity index is 957. The molecule has 2 N–H and O–H groups in total. The van der Waals surface area contributed by atoms with Crippen molar-refractivity contribution in [1.82, 2.24) is 15.2 Å². The normalized spacial score (nSPS) is 15.7. The van der Waals surface area contributed by atoms with E-state index >= 15 is 0 Å². The second-order valence-corrected chi connectivity index (χ2v) is 9.86. The topological polar surface area (TPSA) is 68.4 Å². The summed E-state index contributed by atoms with van der Waals surface area (Å²) in [6, 6.07) is 8.76. The van der Waals surface area contributed by atoms with Crippen LogP contribution in [0.5, 0.6) is 0 Å². The molecule has 204 valence electrons. The molecule has 7 heteroatoms. The number of aryl methyl sites for hydroxylation is 1. The Morgan fingerprint density at radius 3 is 2.19 bits per heavy atom. The molecular weight excluding hydrogens is 467 g/mol. The van der Waals surface area contributed by atoms with E-state index in [0.717, 1.165) is 69.1 Å². The molecule has 0 bridgehead atoms. The molecule has 4 rings (SSSR count). The Kier molecular flexibility index (Phi) is 15.9. The molecule has 37 heavy (non-hydrogen) atoms. The van der Waals surface area contributed by atoms with Gasteiger partial charge in [-0.15, -0.1) is 12.8 Å². The van der Waals surface area contributed by atoms with E-state index in [1.165, 1.54) is 43.2 Å². The van der Waals surface area contributed by atoms with Crippen LogP contribution < -0.4 is 15.8 Å². The summed E-state index contributed by atoms with van der Waals surface area (Å²) in [5.41, 5.74) is 3.31. The zero-order valence-electron chi connectivity index (χ0n) is 23.0. The number of nitrogens with zero attached hydrogens (tertiary/aromatic N) is 2. The Morgan fingerprint density at radius 2 is 1.76 bits per heavy atom. The molecule has 2 aromatic rings. The molecule has 2 heterocycles. The molecule has 0 radical (unpaired) electrons. The van der Waals surface area contributed by atoms with Crippen molar-refractivity contribution in [2.75, 3.05) is 31.1 Å². The van der Waals surface area contributed by atoms with Gasteiger partial charge in [0, 0.05) is 56.7 Å². The molecule has 1 aliphatic heterocycles. The van der Waals surface area contributed by atoms with E-state index in [4.69, 9.17) is 0 Å². The van der Waals surface area contributed by atoms with Crippen LogP contribution in [-0.4, -0.2) is 48.5 Å². The van der Waals surface area contributed by atoms with Gasteiger partial charge >= 0.3 is 0 Å². The molecular formula is C30H45FN4O2. The number of amides is 1. The summed E-state index contributed by atoms with van der Waals surface area (Å²) in [6.07, 6.45) is 17.4. The molecule has 1 saturated carbocycles. The maximum absolute atomic E-state index is 11.9. The zero-order valence-corrected chi connectivity index (χ0v) is 23.0. The number of rotatable bonds is 5. The third-order valence-electron chi connectivity index (χ3n) is 6.54. The fourth-order valence-corrected chi connectivity index (χ4v) is 4.31. The van der Waals surface area contributed by atoms with Gasteiger partial charge in [0.2, 0.25) is 12.0 Å². The molecule has 2 aliphatic rings. The van der Waals surface area contributed by atoms with Crippen molar-refractivity contribution in [2.45, 2.75) is 72.4 Å². The van der Waals surface area contributed by atoms with Crippen LogP contribution in [0.2, 0.25) is 0 Å². The van der Waals surface area contributed by atoms with Crippen molar-refractivity contribution in [3.8, 4) is 12.8 Å². The fraction of sp³-hybridized carbons (Fsp3) is 0.533. The molecule has 1 aromatic heterocycles. The molecule has 1 saturated heterocycles. The van der Waals surface area contributed by atoms with E-state index in [1.54, 1.807) is 4.90 Å². The summed E-state index contributed by atoms with van der Waals surface area (Å²) in [4.78, 5) is 27.8. The summed E-state index contributed by atoms with van der Waals surface area (Å²) < 4.78 is 11.9. The van der Waals surface area contributed by atoms with Crippen molar-refractivity contribution < 1.29 is 9.18 Å². The Labute approximate surface area is 222 Å². The third kappa shape index (κ3) is 12.7. The van der Waals surface area contributed by atoms with Gasteiger partial charge in [0.1, 0.15) is 5.82 Å². The van der Waals surface area contributed by atoms with E-state index in [0.29, 0.717) is 0 Å². The molecule has 6 nitrogen and oxygen atoms in total. The van der Waals surface area contributed by atoms with E-state index in [1.807, 2.05) is 13.8 Å². The number of H-pyrrole nitrogens is 1. The van der Waals surface area contributed by atoms with Crippen molar-refractivity contribution in [3.63, 3.8) is 0 Å². The van der Waals surface area contributed by atoms with E-state index < -0.39 is 5.82 Å². The molecule has 0 spiro atoms. The number of aromatic amines is 1. The van der Waals surface area contributed by atoms with Crippen LogP contribution >= 0.6 is 0 Å². The van der Waals surface area contributed by atoms with Crippen molar-refractivity contribution in [3.05, 3.63) is 63.8 Å². The number of carbonyl (C=O) groups excluding carboxylic acids is 1. The fourth-order valence-electron chi connectivity index (χ4n) is 4.31. The van der Waals surface area contributed by atoms with Crippen LogP contribution in [0.15, 0.2) is 41.3 Å². The minimum absolute atomic E-state index is 0.186.